The summed E-state index contributed by atoms with van der Waals surface area (Å²) < 4.78 is 0. The van der Waals surface area contributed by atoms with Crippen LogP contribution in [-0.2, 0) is 0 Å². The predicted octanol–water partition coefficient (Wildman–Crippen LogP) is 1.99. The SMILES string of the molecule is CCNc1cc(C(=O)NCCN(C)C2CC2)cc(Cl)n1. The third-order valence-corrected chi connectivity index (χ3v) is 3.53. The van der Waals surface area contributed by atoms with Gasteiger partial charge in [0, 0.05) is 31.2 Å². The summed E-state index contributed by atoms with van der Waals surface area (Å²) in [6, 6.07) is 4.01. The lowest BCUT2D eigenvalue weighted by atomic mass is 10.2. The van der Waals surface area contributed by atoms with E-state index in [1.54, 1.807) is 12.1 Å². The Bertz CT molecular complexity index is 476. The second kappa shape index (κ2) is 6.90. The molecular weight excluding hydrogens is 276 g/mol. The van der Waals surface area contributed by atoms with Crippen molar-refractivity contribution in [3.05, 3.63) is 22.8 Å². The Morgan fingerprint density at radius 1 is 1.50 bits per heavy atom. The Labute approximate surface area is 124 Å². The molecule has 0 bridgehead atoms. The molecule has 1 heterocycles. The molecule has 0 aliphatic heterocycles. The molecule has 1 saturated carbocycles. The number of aromatic nitrogens is 1. The minimum Gasteiger partial charge on any atom is -0.370 e. The summed E-state index contributed by atoms with van der Waals surface area (Å²) in [5.41, 5.74) is 0.537. The Morgan fingerprint density at radius 2 is 2.25 bits per heavy atom. The molecule has 1 aromatic heterocycles. The maximum absolute atomic E-state index is 12.1. The van der Waals surface area contributed by atoms with Crippen molar-refractivity contribution in [2.75, 3.05) is 32.0 Å². The molecule has 5 nitrogen and oxygen atoms in total. The number of nitrogens with zero attached hydrogens (tertiary/aromatic N) is 2. The van der Waals surface area contributed by atoms with Gasteiger partial charge in [-0.3, -0.25) is 4.79 Å². The maximum Gasteiger partial charge on any atom is 0.251 e. The van der Waals surface area contributed by atoms with Crippen LogP contribution in [0.15, 0.2) is 12.1 Å². The minimum absolute atomic E-state index is 0.113. The van der Waals surface area contributed by atoms with Crippen LogP contribution >= 0.6 is 11.6 Å². The van der Waals surface area contributed by atoms with Crippen LogP contribution in [0.4, 0.5) is 5.82 Å². The number of carbonyl (C=O) groups excluding carboxylic acids is 1. The van der Waals surface area contributed by atoms with Crippen LogP contribution < -0.4 is 10.6 Å². The molecule has 1 fully saturated rings. The van der Waals surface area contributed by atoms with E-state index < -0.39 is 0 Å². The lowest BCUT2D eigenvalue weighted by Gasteiger charge is -2.15. The zero-order chi connectivity index (χ0) is 14.5. The molecule has 2 N–H and O–H groups in total. The van der Waals surface area contributed by atoms with Crippen LogP contribution in [-0.4, -0.2) is 48.5 Å². The van der Waals surface area contributed by atoms with E-state index in [0.29, 0.717) is 29.1 Å². The van der Waals surface area contributed by atoms with E-state index in [-0.39, 0.29) is 5.91 Å². The van der Waals surface area contributed by atoms with E-state index in [0.717, 1.165) is 13.1 Å². The Balaban J connectivity index is 1.87. The summed E-state index contributed by atoms with van der Waals surface area (Å²) >= 11 is 5.92. The number of hydrogen-bond acceptors (Lipinski definition) is 4. The van der Waals surface area contributed by atoms with E-state index in [4.69, 9.17) is 11.6 Å². The highest BCUT2D eigenvalue weighted by Crippen LogP contribution is 2.24. The van der Waals surface area contributed by atoms with Crippen LogP contribution in [0.25, 0.3) is 0 Å². The van der Waals surface area contributed by atoms with Gasteiger partial charge in [-0.25, -0.2) is 4.98 Å². The number of likely N-dealkylation sites (N-methyl/N-ethyl adjacent to an activating group) is 1. The maximum atomic E-state index is 12.1. The molecule has 0 atom stereocenters. The molecule has 0 spiro atoms. The van der Waals surface area contributed by atoms with Gasteiger partial charge >= 0.3 is 0 Å². The van der Waals surface area contributed by atoms with Crippen LogP contribution in [0.1, 0.15) is 30.1 Å². The van der Waals surface area contributed by atoms with Crippen molar-refractivity contribution in [1.82, 2.24) is 15.2 Å². The van der Waals surface area contributed by atoms with Crippen molar-refractivity contribution in [2.45, 2.75) is 25.8 Å². The van der Waals surface area contributed by atoms with E-state index in [2.05, 4.69) is 27.6 Å². The zero-order valence-electron chi connectivity index (χ0n) is 11.9. The number of rotatable bonds is 7. The molecule has 1 aliphatic rings. The third-order valence-electron chi connectivity index (χ3n) is 3.33. The monoisotopic (exact) mass is 296 g/mol. The van der Waals surface area contributed by atoms with Gasteiger partial charge in [0.2, 0.25) is 0 Å². The van der Waals surface area contributed by atoms with Crippen molar-refractivity contribution in [3.8, 4) is 0 Å². The standard InChI is InChI=1S/C14H21ClN4O/c1-3-16-13-9-10(8-12(15)18-13)14(20)17-6-7-19(2)11-4-5-11/h8-9,11H,3-7H2,1-2H3,(H,16,18)(H,17,20). The summed E-state index contributed by atoms with van der Waals surface area (Å²) in [7, 11) is 2.09. The highest BCUT2D eigenvalue weighted by Gasteiger charge is 2.25. The van der Waals surface area contributed by atoms with Crippen molar-refractivity contribution >= 4 is 23.3 Å². The van der Waals surface area contributed by atoms with Gasteiger partial charge in [0.05, 0.1) is 0 Å². The summed E-state index contributed by atoms with van der Waals surface area (Å²) in [5.74, 6) is 0.512. The topological polar surface area (TPSA) is 57.3 Å². The molecule has 1 aromatic rings. The van der Waals surface area contributed by atoms with Gasteiger partial charge in [-0.05, 0) is 38.9 Å². The van der Waals surface area contributed by atoms with Crippen LogP contribution in [0.2, 0.25) is 5.15 Å². The van der Waals surface area contributed by atoms with Crippen LogP contribution in [0.5, 0.6) is 0 Å². The number of carbonyl (C=O) groups is 1. The first-order valence-corrected chi connectivity index (χ1v) is 7.38. The van der Waals surface area contributed by atoms with Crippen molar-refractivity contribution in [1.29, 1.82) is 0 Å². The Kier molecular flexibility index (Phi) is 5.20. The first kappa shape index (κ1) is 15.1. The minimum atomic E-state index is -0.113. The van der Waals surface area contributed by atoms with Crippen LogP contribution in [0.3, 0.4) is 0 Å². The van der Waals surface area contributed by atoms with E-state index in [1.807, 2.05) is 6.92 Å². The summed E-state index contributed by atoms with van der Waals surface area (Å²) in [4.78, 5) is 18.5. The molecule has 1 amide bonds. The van der Waals surface area contributed by atoms with Gasteiger partial charge in [0.1, 0.15) is 11.0 Å². The fourth-order valence-corrected chi connectivity index (χ4v) is 2.25. The van der Waals surface area contributed by atoms with Gasteiger partial charge in [0.25, 0.3) is 5.91 Å². The summed E-state index contributed by atoms with van der Waals surface area (Å²) in [5, 5.41) is 6.29. The quantitative estimate of drug-likeness (QED) is 0.756. The zero-order valence-corrected chi connectivity index (χ0v) is 12.7. The lowest BCUT2D eigenvalue weighted by molar-refractivity contribution is 0.0949. The molecule has 0 aromatic carbocycles. The number of amides is 1. The van der Waals surface area contributed by atoms with Gasteiger partial charge in [-0.1, -0.05) is 11.6 Å². The van der Waals surface area contributed by atoms with E-state index in [9.17, 15) is 4.79 Å². The average Bonchev–Trinajstić information content (AvgIpc) is 3.22. The fourth-order valence-electron chi connectivity index (χ4n) is 2.05. The average molecular weight is 297 g/mol. The Morgan fingerprint density at radius 3 is 2.90 bits per heavy atom. The van der Waals surface area contributed by atoms with Gasteiger partial charge in [0.15, 0.2) is 0 Å². The highest BCUT2D eigenvalue weighted by molar-refractivity contribution is 6.29. The molecule has 110 valence electrons. The molecule has 2 rings (SSSR count). The normalized spacial score (nSPS) is 14.4. The second-order valence-electron chi connectivity index (χ2n) is 5.06. The smallest absolute Gasteiger partial charge is 0.251 e. The molecule has 6 heteroatoms. The third kappa shape index (κ3) is 4.35. The predicted molar refractivity (Wildman–Crippen MR) is 81.4 cm³/mol. The van der Waals surface area contributed by atoms with Gasteiger partial charge in [-0.2, -0.15) is 0 Å². The van der Waals surface area contributed by atoms with Gasteiger partial charge < -0.3 is 15.5 Å². The molecule has 0 saturated heterocycles. The second-order valence-corrected chi connectivity index (χ2v) is 5.45. The van der Waals surface area contributed by atoms with E-state index in [1.165, 1.54) is 12.8 Å². The first-order valence-electron chi connectivity index (χ1n) is 7.00. The summed E-state index contributed by atoms with van der Waals surface area (Å²) in [6.45, 7) is 4.22. The molecule has 1 aliphatic carbocycles. The first-order chi connectivity index (χ1) is 9.60. The lowest BCUT2D eigenvalue weighted by Crippen LogP contribution is -2.34. The number of pyridine rings is 1. The number of hydrogen-bond donors (Lipinski definition) is 2. The molecule has 20 heavy (non-hydrogen) atoms. The largest absolute Gasteiger partial charge is 0.370 e. The van der Waals surface area contributed by atoms with E-state index >= 15 is 0 Å². The Hall–Kier alpha value is -1.33. The number of nitrogens with one attached hydrogen (secondary N) is 2. The number of halogens is 1. The van der Waals surface area contributed by atoms with Gasteiger partial charge in [-0.15, -0.1) is 0 Å². The molecule has 0 unspecified atom stereocenters. The molecule has 0 radical (unpaired) electrons. The van der Waals surface area contributed by atoms with Crippen molar-refractivity contribution in [2.24, 2.45) is 0 Å². The fraction of sp³-hybridized carbons (Fsp3) is 0.571. The van der Waals surface area contributed by atoms with Crippen molar-refractivity contribution in [3.63, 3.8) is 0 Å². The summed E-state index contributed by atoms with van der Waals surface area (Å²) in [6.07, 6.45) is 2.55. The number of anilines is 1. The van der Waals surface area contributed by atoms with Crippen LogP contribution in [0, 0.1) is 0 Å². The highest BCUT2D eigenvalue weighted by atomic mass is 35.5. The van der Waals surface area contributed by atoms with Crippen molar-refractivity contribution < 1.29 is 4.79 Å². The molecular formula is C14H21ClN4O.